The van der Waals surface area contributed by atoms with Gasteiger partial charge in [-0.2, -0.15) is 15.0 Å². The van der Waals surface area contributed by atoms with E-state index in [0.717, 1.165) is 19.3 Å². The number of hydrogen-bond donors (Lipinski definition) is 2. The third-order valence-electron chi connectivity index (χ3n) is 3.83. The van der Waals surface area contributed by atoms with Gasteiger partial charge in [0.1, 0.15) is 0 Å². The zero-order valence-electron chi connectivity index (χ0n) is 13.4. The average Bonchev–Trinajstić information content (AvgIpc) is 2.90. The Hall–Kier alpha value is -1.41. The van der Waals surface area contributed by atoms with Gasteiger partial charge in [0.05, 0.1) is 10.3 Å². The summed E-state index contributed by atoms with van der Waals surface area (Å²) in [6, 6.07) is 0.129. The molecule has 1 aliphatic rings. The molecule has 1 atom stereocenters. The van der Waals surface area contributed by atoms with Crippen molar-refractivity contribution in [3.05, 3.63) is 22.3 Å². The number of anilines is 2. The Morgan fingerprint density at radius 1 is 1.39 bits per heavy atom. The van der Waals surface area contributed by atoms with Gasteiger partial charge in [0.2, 0.25) is 11.9 Å². The van der Waals surface area contributed by atoms with Crippen LogP contribution < -0.4 is 11.1 Å². The van der Waals surface area contributed by atoms with Crippen molar-refractivity contribution in [2.45, 2.75) is 49.0 Å². The molecular weight excluding hydrogens is 333 g/mol. The molecule has 0 radical (unpaired) electrons. The molecular formula is C15H20FN5S2. The van der Waals surface area contributed by atoms with Gasteiger partial charge in [0.25, 0.3) is 0 Å². The van der Waals surface area contributed by atoms with Gasteiger partial charge in [-0.05, 0) is 50.3 Å². The molecule has 0 spiro atoms. The minimum Gasteiger partial charge on any atom is -0.368 e. The maximum absolute atomic E-state index is 14.1. The molecule has 0 saturated carbocycles. The topological polar surface area (TPSA) is 76.7 Å². The first-order chi connectivity index (χ1) is 10.9. The first-order valence-corrected chi connectivity index (χ1v) is 9.60. The predicted molar refractivity (Wildman–Crippen MR) is 93.8 cm³/mol. The van der Waals surface area contributed by atoms with Crippen molar-refractivity contribution in [3.8, 4) is 0 Å². The van der Waals surface area contributed by atoms with Crippen molar-refractivity contribution in [1.82, 2.24) is 15.0 Å². The van der Waals surface area contributed by atoms with Crippen LogP contribution in [0.25, 0.3) is 0 Å². The molecule has 0 fully saturated rings. The number of thiophene rings is 1. The number of fused-ring (bicyclic) bond motifs is 1. The molecule has 124 valence electrons. The quantitative estimate of drug-likeness (QED) is 0.811. The third kappa shape index (κ3) is 3.42. The van der Waals surface area contributed by atoms with E-state index >= 15 is 0 Å². The minimum atomic E-state index is -1.65. The Morgan fingerprint density at radius 3 is 2.87 bits per heavy atom. The van der Waals surface area contributed by atoms with Crippen LogP contribution >= 0.6 is 23.1 Å². The lowest BCUT2D eigenvalue weighted by atomic mass is 9.91. The van der Waals surface area contributed by atoms with E-state index in [1.165, 1.54) is 29.2 Å². The van der Waals surface area contributed by atoms with E-state index in [4.69, 9.17) is 5.73 Å². The summed E-state index contributed by atoms with van der Waals surface area (Å²) in [6.07, 6.45) is 5.30. The molecule has 0 saturated heterocycles. The van der Waals surface area contributed by atoms with Gasteiger partial charge >= 0.3 is 0 Å². The molecule has 5 nitrogen and oxygen atoms in total. The molecule has 1 unspecified atom stereocenters. The molecule has 0 aromatic carbocycles. The third-order valence-corrected chi connectivity index (χ3v) is 6.05. The first-order valence-electron chi connectivity index (χ1n) is 7.50. The smallest absolute Gasteiger partial charge is 0.228 e. The number of thioether (sulfide) groups is 1. The summed E-state index contributed by atoms with van der Waals surface area (Å²) in [4.78, 5) is 12.3. The second-order valence-electron chi connectivity index (χ2n) is 6.07. The lowest BCUT2D eigenvalue weighted by Crippen LogP contribution is -2.22. The van der Waals surface area contributed by atoms with Crippen LogP contribution in [0, 0.1) is 0 Å². The van der Waals surface area contributed by atoms with Crippen molar-refractivity contribution < 1.29 is 4.39 Å². The molecule has 0 amide bonds. The number of alkyl halides is 1. The predicted octanol–water partition coefficient (Wildman–Crippen LogP) is 3.93. The van der Waals surface area contributed by atoms with Crippen LogP contribution in [0.3, 0.4) is 0 Å². The summed E-state index contributed by atoms with van der Waals surface area (Å²) < 4.78 is 15.4. The van der Waals surface area contributed by atoms with Crippen LogP contribution in [0.5, 0.6) is 0 Å². The molecule has 8 heteroatoms. The zero-order chi connectivity index (χ0) is 16.6. The van der Waals surface area contributed by atoms with Crippen molar-refractivity contribution >= 4 is 35.0 Å². The van der Waals surface area contributed by atoms with Gasteiger partial charge in [-0.25, -0.2) is 4.39 Å². The van der Waals surface area contributed by atoms with E-state index in [9.17, 15) is 4.39 Å². The number of nitrogen functional groups attached to an aromatic ring is 1. The number of nitrogens with zero attached hydrogens (tertiary/aromatic N) is 3. The summed E-state index contributed by atoms with van der Waals surface area (Å²) in [5.41, 5.74) is 6.78. The monoisotopic (exact) mass is 353 g/mol. The molecule has 2 aromatic heterocycles. The molecule has 0 aliphatic heterocycles. The number of aryl methyl sites for hydroxylation is 1. The first kappa shape index (κ1) is 16.4. The molecule has 3 rings (SSSR count). The highest BCUT2D eigenvalue weighted by molar-refractivity contribution is 8.00. The second-order valence-corrected chi connectivity index (χ2v) is 8.02. The summed E-state index contributed by atoms with van der Waals surface area (Å²) in [5.74, 6) is 0.433. The van der Waals surface area contributed by atoms with Crippen LogP contribution in [0.2, 0.25) is 0 Å². The standard InChI is InChI=1S/C15H20FN5S2/c1-15(2,16)12-19-13(17)21-14(20-12)18-9-6-4-5-8-7-23-11(22-3)10(8)9/h7,9H,4-6H2,1-3H3,(H3,17,18,19,20,21). The molecule has 1 aliphatic carbocycles. The summed E-state index contributed by atoms with van der Waals surface area (Å²) in [5, 5.41) is 5.56. The largest absolute Gasteiger partial charge is 0.368 e. The Labute approximate surface area is 143 Å². The molecule has 3 N–H and O–H groups in total. The van der Waals surface area contributed by atoms with Crippen molar-refractivity contribution in [2.24, 2.45) is 0 Å². The Bertz CT molecular complexity index is 697. The number of halogens is 1. The number of hydrogen-bond acceptors (Lipinski definition) is 7. The summed E-state index contributed by atoms with van der Waals surface area (Å²) in [6.45, 7) is 2.82. The summed E-state index contributed by atoms with van der Waals surface area (Å²) >= 11 is 3.53. The van der Waals surface area contributed by atoms with Crippen molar-refractivity contribution in [3.63, 3.8) is 0 Å². The van der Waals surface area contributed by atoms with Gasteiger partial charge in [-0.3, -0.25) is 0 Å². The molecule has 2 aromatic rings. The maximum atomic E-state index is 14.1. The Balaban J connectivity index is 1.92. The highest BCUT2D eigenvalue weighted by Gasteiger charge is 2.28. The fourth-order valence-electron chi connectivity index (χ4n) is 2.76. The lowest BCUT2D eigenvalue weighted by molar-refractivity contribution is 0.206. The fraction of sp³-hybridized carbons (Fsp3) is 0.533. The maximum Gasteiger partial charge on any atom is 0.228 e. The number of nitrogens with two attached hydrogens (primary N) is 1. The Kier molecular flexibility index (Phi) is 4.46. The van der Waals surface area contributed by atoms with Crippen molar-refractivity contribution in [2.75, 3.05) is 17.3 Å². The summed E-state index contributed by atoms with van der Waals surface area (Å²) in [7, 11) is 0. The van der Waals surface area contributed by atoms with Crippen LogP contribution in [0.1, 0.15) is 49.7 Å². The lowest BCUT2D eigenvalue weighted by Gasteiger charge is -2.25. The van der Waals surface area contributed by atoms with Gasteiger partial charge < -0.3 is 11.1 Å². The van der Waals surface area contributed by atoms with E-state index in [1.807, 2.05) is 0 Å². The van der Waals surface area contributed by atoms with Gasteiger partial charge in [-0.1, -0.05) is 0 Å². The highest BCUT2D eigenvalue weighted by atomic mass is 32.2. The SMILES string of the molecule is CSc1scc2c1C(Nc1nc(N)nc(C(C)(C)F)n1)CCC2. The highest BCUT2D eigenvalue weighted by Crippen LogP contribution is 2.41. The van der Waals surface area contributed by atoms with Gasteiger partial charge in [0.15, 0.2) is 11.5 Å². The van der Waals surface area contributed by atoms with Crippen LogP contribution in [-0.2, 0) is 12.1 Å². The van der Waals surface area contributed by atoms with Crippen LogP contribution in [0.4, 0.5) is 16.3 Å². The van der Waals surface area contributed by atoms with Crippen LogP contribution in [-0.4, -0.2) is 21.2 Å². The number of nitrogens with one attached hydrogen (secondary N) is 1. The number of rotatable bonds is 4. The number of aromatic nitrogens is 3. The van der Waals surface area contributed by atoms with Crippen LogP contribution in [0.15, 0.2) is 9.59 Å². The van der Waals surface area contributed by atoms with E-state index < -0.39 is 5.67 Å². The second kappa shape index (κ2) is 6.24. The fourth-order valence-corrected chi connectivity index (χ4v) is 4.68. The average molecular weight is 353 g/mol. The van der Waals surface area contributed by atoms with E-state index in [0.29, 0.717) is 5.95 Å². The molecule has 23 heavy (non-hydrogen) atoms. The van der Waals surface area contributed by atoms with Crippen molar-refractivity contribution in [1.29, 1.82) is 0 Å². The normalized spacial score (nSPS) is 17.8. The van der Waals surface area contributed by atoms with E-state index in [1.54, 1.807) is 23.1 Å². The molecule has 0 bridgehead atoms. The van der Waals surface area contributed by atoms with E-state index in [-0.39, 0.29) is 17.8 Å². The Morgan fingerprint density at radius 2 is 2.17 bits per heavy atom. The van der Waals surface area contributed by atoms with E-state index in [2.05, 4.69) is 31.9 Å². The van der Waals surface area contributed by atoms with Gasteiger partial charge in [0, 0.05) is 5.56 Å². The van der Waals surface area contributed by atoms with Gasteiger partial charge in [-0.15, -0.1) is 23.1 Å². The zero-order valence-corrected chi connectivity index (χ0v) is 15.0. The molecule has 2 heterocycles. The minimum absolute atomic E-state index is 0.0367.